The number of rotatable bonds is 6. The zero-order chi connectivity index (χ0) is 21.3. The summed E-state index contributed by atoms with van der Waals surface area (Å²) in [7, 11) is 0. The SMILES string of the molecule is CC(C)Cc1nnc(-c2cc3ccccc3n2CC(=O)Nc2ccc(Cl)c(Cl)c2)o1. The van der Waals surface area contributed by atoms with Crippen molar-refractivity contribution >= 4 is 45.7 Å². The van der Waals surface area contributed by atoms with E-state index >= 15 is 0 Å². The van der Waals surface area contributed by atoms with Gasteiger partial charge in [0.15, 0.2) is 0 Å². The average Bonchev–Trinajstić information content (AvgIpc) is 3.29. The van der Waals surface area contributed by atoms with Gasteiger partial charge >= 0.3 is 0 Å². The molecule has 8 heteroatoms. The molecule has 4 rings (SSSR count). The topological polar surface area (TPSA) is 73.0 Å². The third-order valence-electron chi connectivity index (χ3n) is 4.58. The third kappa shape index (κ3) is 4.35. The third-order valence-corrected chi connectivity index (χ3v) is 5.32. The number of amides is 1. The highest BCUT2D eigenvalue weighted by atomic mass is 35.5. The monoisotopic (exact) mass is 442 g/mol. The normalized spacial score (nSPS) is 11.4. The average molecular weight is 443 g/mol. The fourth-order valence-electron chi connectivity index (χ4n) is 3.26. The first kappa shape index (κ1) is 20.4. The standard InChI is InChI=1S/C22H20Cl2N4O2/c1-13(2)9-21-26-27-22(30-21)19-10-14-5-3-4-6-18(14)28(19)12-20(29)25-15-7-8-16(23)17(24)11-15/h3-8,10-11,13H,9,12H2,1-2H3,(H,25,29). The molecule has 2 aromatic carbocycles. The molecule has 2 aromatic heterocycles. The molecular formula is C22H20Cl2N4O2. The van der Waals surface area contributed by atoms with Crippen molar-refractivity contribution in [3.8, 4) is 11.6 Å². The van der Waals surface area contributed by atoms with E-state index in [0.717, 1.165) is 10.9 Å². The molecule has 0 fully saturated rings. The first-order valence-corrected chi connectivity index (χ1v) is 10.3. The number of fused-ring (bicyclic) bond motifs is 1. The summed E-state index contributed by atoms with van der Waals surface area (Å²) in [5, 5.41) is 13.0. The van der Waals surface area contributed by atoms with Crippen LogP contribution in [0.5, 0.6) is 0 Å². The second-order valence-corrected chi connectivity index (χ2v) is 8.26. The van der Waals surface area contributed by atoms with Crippen molar-refractivity contribution in [2.24, 2.45) is 5.92 Å². The Kier molecular flexibility index (Phi) is 5.79. The molecule has 0 saturated carbocycles. The Morgan fingerprint density at radius 2 is 1.90 bits per heavy atom. The predicted octanol–water partition coefficient (Wildman–Crippen LogP) is 5.84. The quantitative estimate of drug-likeness (QED) is 0.407. The van der Waals surface area contributed by atoms with Crippen molar-refractivity contribution in [1.82, 2.24) is 14.8 Å². The van der Waals surface area contributed by atoms with Gasteiger partial charge in [-0.3, -0.25) is 4.79 Å². The highest BCUT2D eigenvalue weighted by Gasteiger charge is 2.19. The van der Waals surface area contributed by atoms with Crippen LogP contribution in [0.1, 0.15) is 19.7 Å². The fourth-order valence-corrected chi connectivity index (χ4v) is 3.56. The Balaban J connectivity index is 1.65. The van der Waals surface area contributed by atoms with E-state index in [1.54, 1.807) is 18.2 Å². The van der Waals surface area contributed by atoms with Crippen LogP contribution in [0.3, 0.4) is 0 Å². The van der Waals surface area contributed by atoms with Crippen LogP contribution in [0.15, 0.2) is 52.9 Å². The lowest BCUT2D eigenvalue weighted by Gasteiger charge is -2.10. The second kappa shape index (κ2) is 8.50. The van der Waals surface area contributed by atoms with E-state index in [1.807, 2.05) is 34.9 Å². The van der Waals surface area contributed by atoms with Gasteiger partial charge in [-0.2, -0.15) is 0 Å². The van der Waals surface area contributed by atoms with E-state index in [0.29, 0.717) is 45.5 Å². The van der Waals surface area contributed by atoms with E-state index in [9.17, 15) is 4.79 Å². The van der Waals surface area contributed by atoms with Crippen LogP contribution in [0.25, 0.3) is 22.5 Å². The molecule has 0 atom stereocenters. The lowest BCUT2D eigenvalue weighted by Crippen LogP contribution is -2.19. The fraction of sp³-hybridized carbons (Fsp3) is 0.227. The number of hydrogen-bond donors (Lipinski definition) is 1. The lowest BCUT2D eigenvalue weighted by molar-refractivity contribution is -0.116. The minimum absolute atomic E-state index is 0.0744. The van der Waals surface area contributed by atoms with Crippen LogP contribution in [0.4, 0.5) is 5.69 Å². The zero-order valence-electron chi connectivity index (χ0n) is 16.5. The molecule has 0 aliphatic carbocycles. The number of aromatic nitrogens is 3. The lowest BCUT2D eigenvalue weighted by atomic mass is 10.1. The molecule has 0 saturated heterocycles. The summed E-state index contributed by atoms with van der Waals surface area (Å²) in [5.74, 6) is 1.17. The second-order valence-electron chi connectivity index (χ2n) is 7.45. The molecule has 0 aliphatic heterocycles. The van der Waals surface area contributed by atoms with E-state index in [2.05, 4.69) is 29.4 Å². The van der Waals surface area contributed by atoms with Crippen molar-refractivity contribution in [1.29, 1.82) is 0 Å². The molecule has 0 radical (unpaired) electrons. The Morgan fingerprint density at radius 3 is 2.67 bits per heavy atom. The van der Waals surface area contributed by atoms with Gasteiger partial charge in [0.05, 0.1) is 10.0 Å². The maximum absolute atomic E-state index is 12.8. The summed E-state index contributed by atoms with van der Waals surface area (Å²) < 4.78 is 7.74. The van der Waals surface area contributed by atoms with Crippen molar-refractivity contribution in [3.05, 3.63) is 64.5 Å². The molecule has 0 spiro atoms. The van der Waals surface area contributed by atoms with Crippen LogP contribution in [-0.4, -0.2) is 20.7 Å². The maximum atomic E-state index is 12.8. The Labute approximate surface area is 183 Å². The summed E-state index contributed by atoms with van der Waals surface area (Å²) in [6, 6.07) is 14.7. The number of para-hydroxylation sites is 1. The molecule has 0 bridgehead atoms. The largest absolute Gasteiger partial charge is 0.419 e. The Hall–Kier alpha value is -2.83. The summed E-state index contributed by atoms with van der Waals surface area (Å²) in [6.45, 7) is 4.26. The summed E-state index contributed by atoms with van der Waals surface area (Å²) in [5.41, 5.74) is 2.17. The molecule has 4 aromatic rings. The number of halogens is 2. The predicted molar refractivity (Wildman–Crippen MR) is 119 cm³/mol. The van der Waals surface area contributed by atoms with E-state index in [1.165, 1.54) is 0 Å². The molecule has 6 nitrogen and oxygen atoms in total. The number of nitrogens with zero attached hydrogens (tertiary/aromatic N) is 3. The molecule has 1 N–H and O–H groups in total. The van der Waals surface area contributed by atoms with Gasteiger partial charge < -0.3 is 14.3 Å². The van der Waals surface area contributed by atoms with Crippen LogP contribution in [0, 0.1) is 5.92 Å². The molecule has 1 amide bonds. The number of carbonyl (C=O) groups excluding carboxylic acids is 1. The number of carbonyl (C=O) groups is 1. The Morgan fingerprint density at radius 1 is 1.10 bits per heavy atom. The van der Waals surface area contributed by atoms with Gasteiger partial charge in [0.25, 0.3) is 5.89 Å². The van der Waals surface area contributed by atoms with Gasteiger partial charge in [-0.1, -0.05) is 55.2 Å². The van der Waals surface area contributed by atoms with E-state index < -0.39 is 0 Å². The molecule has 2 heterocycles. The van der Waals surface area contributed by atoms with Crippen molar-refractivity contribution in [2.75, 3.05) is 5.32 Å². The first-order chi connectivity index (χ1) is 14.4. The smallest absolute Gasteiger partial charge is 0.264 e. The van der Waals surface area contributed by atoms with Gasteiger partial charge in [-0.05, 0) is 36.2 Å². The van der Waals surface area contributed by atoms with Gasteiger partial charge in [-0.25, -0.2) is 0 Å². The molecule has 30 heavy (non-hydrogen) atoms. The number of anilines is 1. The zero-order valence-corrected chi connectivity index (χ0v) is 18.0. The van der Waals surface area contributed by atoms with Crippen molar-refractivity contribution < 1.29 is 9.21 Å². The minimum Gasteiger partial charge on any atom is -0.419 e. The van der Waals surface area contributed by atoms with Gasteiger partial charge in [0.1, 0.15) is 12.2 Å². The number of nitrogens with one attached hydrogen (secondary N) is 1. The van der Waals surface area contributed by atoms with Gasteiger partial charge in [-0.15, -0.1) is 10.2 Å². The molecule has 154 valence electrons. The highest BCUT2D eigenvalue weighted by molar-refractivity contribution is 6.42. The molecule has 0 unspecified atom stereocenters. The number of benzene rings is 2. The van der Waals surface area contributed by atoms with Crippen LogP contribution in [0.2, 0.25) is 10.0 Å². The maximum Gasteiger partial charge on any atom is 0.264 e. The first-order valence-electron chi connectivity index (χ1n) is 9.56. The minimum atomic E-state index is -0.210. The van der Waals surface area contributed by atoms with Crippen LogP contribution in [-0.2, 0) is 17.8 Å². The van der Waals surface area contributed by atoms with E-state index in [4.69, 9.17) is 27.6 Å². The van der Waals surface area contributed by atoms with Gasteiger partial charge in [0, 0.05) is 23.0 Å². The Bertz CT molecular complexity index is 1210. The summed E-state index contributed by atoms with van der Waals surface area (Å²) in [6.07, 6.45) is 0.699. The van der Waals surface area contributed by atoms with E-state index in [-0.39, 0.29) is 12.5 Å². The van der Waals surface area contributed by atoms with Gasteiger partial charge in [0.2, 0.25) is 11.8 Å². The summed E-state index contributed by atoms with van der Waals surface area (Å²) in [4.78, 5) is 12.8. The highest BCUT2D eigenvalue weighted by Crippen LogP contribution is 2.29. The summed E-state index contributed by atoms with van der Waals surface area (Å²) >= 11 is 12.0. The van der Waals surface area contributed by atoms with Crippen molar-refractivity contribution in [2.45, 2.75) is 26.8 Å². The number of hydrogen-bond acceptors (Lipinski definition) is 4. The van der Waals surface area contributed by atoms with Crippen LogP contribution >= 0.6 is 23.2 Å². The molecule has 0 aliphatic rings. The van der Waals surface area contributed by atoms with Crippen molar-refractivity contribution in [3.63, 3.8) is 0 Å². The van der Waals surface area contributed by atoms with Crippen LogP contribution < -0.4 is 5.32 Å². The molecular weight excluding hydrogens is 423 g/mol.